The number of hydrogen-bond donors (Lipinski definition) is 1. The van der Waals surface area contributed by atoms with Crippen molar-refractivity contribution in [2.45, 2.75) is 6.92 Å². The predicted molar refractivity (Wildman–Crippen MR) is 68.5 cm³/mol. The fourth-order valence-corrected chi connectivity index (χ4v) is 1.49. The zero-order chi connectivity index (χ0) is 14.4. The van der Waals surface area contributed by atoms with Crippen LogP contribution >= 0.6 is 0 Å². The van der Waals surface area contributed by atoms with Crippen LogP contribution < -0.4 is 9.47 Å². The van der Waals surface area contributed by atoms with Gasteiger partial charge in [-0.1, -0.05) is 0 Å². The van der Waals surface area contributed by atoms with E-state index in [9.17, 15) is 9.59 Å². The number of amides is 1. The number of methoxy groups -OCH3 is 1. The molecular weight excluding hydrogens is 250 g/mol. The summed E-state index contributed by atoms with van der Waals surface area (Å²) in [5, 5.41) is 8.56. The number of likely N-dealkylation sites (N-methyl/N-ethyl adjacent to an activating group) is 1. The minimum Gasteiger partial charge on any atom is -0.496 e. The summed E-state index contributed by atoms with van der Waals surface area (Å²) in [7, 11) is 2.99. The molecule has 1 amide bonds. The van der Waals surface area contributed by atoms with Crippen molar-refractivity contribution >= 4 is 11.9 Å². The number of aryl methyl sites for hydroxylation is 1. The van der Waals surface area contributed by atoms with Crippen LogP contribution in [0.15, 0.2) is 18.2 Å². The highest BCUT2D eigenvalue weighted by atomic mass is 16.5. The highest BCUT2D eigenvalue weighted by Gasteiger charge is 2.12. The Labute approximate surface area is 111 Å². The Hall–Kier alpha value is -2.24. The first-order chi connectivity index (χ1) is 8.93. The van der Waals surface area contributed by atoms with Crippen LogP contribution in [0.25, 0.3) is 0 Å². The molecule has 0 unspecified atom stereocenters. The average molecular weight is 267 g/mol. The third-order valence-corrected chi connectivity index (χ3v) is 2.53. The van der Waals surface area contributed by atoms with Gasteiger partial charge in [-0.3, -0.25) is 9.59 Å². The summed E-state index contributed by atoms with van der Waals surface area (Å²) in [6.07, 6.45) is 0. The van der Waals surface area contributed by atoms with E-state index in [1.807, 2.05) is 6.92 Å². The van der Waals surface area contributed by atoms with E-state index in [0.717, 1.165) is 16.2 Å². The predicted octanol–water partition coefficient (Wildman–Crippen LogP) is 0.925. The molecule has 0 radical (unpaired) electrons. The highest BCUT2D eigenvalue weighted by Crippen LogP contribution is 2.22. The van der Waals surface area contributed by atoms with E-state index in [2.05, 4.69) is 0 Å². The lowest BCUT2D eigenvalue weighted by atomic mass is 10.2. The monoisotopic (exact) mass is 267 g/mol. The van der Waals surface area contributed by atoms with Crippen molar-refractivity contribution in [2.75, 3.05) is 27.3 Å². The second kappa shape index (κ2) is 6.63. The van der Waals surface area contributed by atoms with Gasteiger partial charge in [-0.25, -0.2) is 0 Å². The van der Waals surface area contributed by atoms with Crippen molar-refractivity contribution in [3.05, 3.63) is 23.8 Å². The summed E-state index contributed by atoms with van der Waals surface area (Å²) < 4.78 is 10.4. The minimum atomic E-state index is -1.06. The topological polar surface area (TPSA) is 76.1 Å². The lowest BCUT2D eigenvalue weighted by Gasteiger charge is -2.15. The summed E-state index contributed by atoms with van der Waals surface area (Å²) in [6, 6.07) is 5.19. The first kappa shape index (κ1) is 14.8. The van der Waals surface area contributed by atoms with Gasteiger partial charge in [0, 0.05) is 7.05 Å². The standard InChI is InChI=1S/C13H17NO5/c1-9-6-10(4-5-11(9)18-3)19-8-12(15)14(2)7-13(16)17/h4-6H,7-8H2,1-3H3,(H,16,17). The van der Waals surface area contributed by atoms with Crippen LogP contribution in [0.5, 0.6) is 11.5 Å². The number of benzene rings is 1. The van der Waals surface area contributed by atoms with Crippen molar-refractivity contribution in [3.63, 3.8) is 0 Å². The van der Waals surface area contributed by atoms with Crippen molar-refractivity contribution < 1.29 is 24.2 Å². The highest BCUT2D eigenvalue weighted by molar-refractivity contribution is 5.82. The zero-order valence-corrected chi connectivity index (χ0v) is 11.2. The molecule has 0 atom stereocenters. The van der Waals surface area contributed by atoms with Crippen molar-refractivity contribution in [2.24, 2.45) is 0 Å². The number of aliphatic carboxylic acids is 1. The Morgan fingerprint density at radius 3 is 2.58 bits per heavy atom. The average Bonchev–Trinajstić information content (AvgIpc) is 2.35. The third kappa shape index (κ3) is 4.50. The normalized spacial score (nSPS) is 9.84. The largest absolute Gasteiger partial charge is 0.496 e. The SMILES string of the molecule is COc1ccc(OCC(=O)N(C)CC(=O)O)cc1C. The number of rotatable bonds is 6. The van der Waals surface area contributed by atoms with Gasteiger partial charge >= 0.3 is 5.97 Å². The van der Waals surface area contributed by atoms with Gasteiger partial charge in [0.2, 0.25) is 0 Å². The number of carboxylic acid groups (broad SMARTS) is 1. The van der Waals surface area contributed by atoms with Gasteiger partial charge in [-0.05, 0) is 30.7 Å². The van der Waals surface area contributed by atoms with E-state index >= 15 is 0 Å². The van der Waals surface area contributed by atoms with Crippen LogP contribution in [-0.2, 0) is 9.59 Å². The van der Waals surface area contributed by atoms with Crippen LogP contribution in [0.4, 0.5) is 0 Å². The second-order valence-corrected chi connectivity index (χ2v) is 4.06. The number of carbonyl (C=O) groups is 2. The molecule has 0 spiro atoms. The molecular formula is C13H17NO5. The molecule has 1 aromatic carbocycles. The van der Waals surface area contributed by atoms with Gasteiger partial charge in [0.25, 0.3) is 5.91 Å². The number of nitrogens with zero attached hydrogens (tertiary/aromatic N) is 1. The maximum atomic E-state index is 11.6. The van der Waals surface area contributed by atoms with Crippen LogP contribution in [0.1, 0.15) is 5.56 Å². The summed E-state index contributed by atoms with van der Waals surface area (Å²) in [4.78, 5) is 23.1. The summed E-state index contributed by atoms with van der Waals surface area (Å²) >= 11 is 0. The van der Waals surface area contributed by atoms with E-state index in [1.54, 1.807) is 25.3 Å². The number of hydrogen-bond acceptors (Lipinski definition) is 4. The molecule has 104 valence electrons. The molecule has 0 aliphatic heterocycles. The van der Waals surface area contributed by atoms with Gasteiger partial charge in [0.15, 0.2) is 6.61 Å². The molecule has 0 aliphatic carbocycles. The molecule has 6 nitrogen and oxygen atoms in total. The van der Waals surface area contributed by atoms with E-state index in [4.69, 9.17) is 14.6 Å². The van der Waals surface area contributed by atoms with Gasteiger partial charge in [-0.2, -0.15) is 0 Å². The Morgan fingerprint density at radius 2 is 2.05 bits per heavy atom. The van der Waals surface area contributed by atoms with E-state index in [1.165, 1.54) is 7.05 Å². The van der Waals surface area contributed by atoms with Gasteiger partial charge < -0.3 is 19.5 Å². The summed E-state index contributed by atoms with van der Waals surface area (Å²) in [5.41, 5.74) is 0.895. The molecule has 1 rings (SSSR count). The summed E-state index contributed by atoms with van der Waals surface area (Å²) in [5.74, 6) is -0.177. The quantitative estimate of drug-likeness (QED) is 0.829. The molecule has 1 N–H and O–H groups in total. The van der Waals surface area contributed by atoms with Gasteiger partial charge in [-0.15, -0.1) is 0 Å². The molecule has 0 saturated carbocycles. The summed E-state index contributed by atoms with van der Waals surface area (Å²) in [6.45, 7) is 1.32. The fourth-order valence-electron chi connectivity index (χ4n) is 1.49. The van der Waals surface area contributed by atoms with Crippen LogP contribution in [-0.4, -0.2) is 49.2 Å². The number of ether oxygens (including phenoxy) is 2. The Bertz CT molecular complexity index is 472. The molecule has 0 fully saturated rings. The van der Waals surface area contributed by atoms with Crippen molar-refractivity contribution in [3.8, 4) is 11.5 Å². The lowest BCUT2D eigenvalue weighted by molar-refractivity contribution is -0.144. The van der Waals surface area contributed by atoms with Crippen LogP contribution in [0.3, 0.4) is 0 Å². The van der Waals surface area contributed by atoms with Gasteiger partial charge in [0.05, 0.1) is 7.11 Å². The maximum absolute atomic E-state index is 11.6. The van der Waals surface area contributed by atoms with E-state index in [0.29, 0.717) is 5.75 Å². The molecule has 0 aliphatic rings. The molecule has 19 heavy (non-hydrogen) atoms. The molecule has 0 heterocycles. The van der Waals surface area contributed by atoms with E-state index in [-0.39, 0.29) is 13.2 Å². The van der Waals surface area contributed by atoms with Crippen molar-refractivity contribution in [1.29, 1.82) is 0 Å². The Kier molecular flexibility index (Phi) is 5.17. The maximum Gasteiger partial charge on any atom is 0.323 e. The number of carbonyl (C=O) groups excluding carboxylic acids is 1. The lowest BCUT2D eigenvalue weighted by Crippen LogP contribution is -2.35. The Balaban J connectivity index is 2.55. The zero-order valence-electron chi connectivity index (χ0n) is 11.2. The van der Waals surface area contributed by atoms with Crippen LogP contribution in [0, 0.1) is 6.92 Å². The van der Waals surface area contributed by atoms with Crippen LogP contribution in [0.2, 0.25) is 0 Å². The third-order valence-electron chi connectivity index (χ3n) is 2.53. The first-order valence-electron chi connectivity index (χ1n) is 5.67. The fraction of sp³-hybridized carbons (Fsp3) is 0.385. The number of carboxylic acids is 1. The van der Waals surface area contributed by atoms with Gasteiger partial charge in [0.1, 0.15) is 18.0 Å². The smallest absolute Gasteiger partial charge is 0.323 e. The molecule has 0 bridgehead atoms. The molecule has 6 heteroatoms. The first-order valence-corrected chi connectivity index (χ1v) is 5.67. The van der Waals surface area contributed by atoms with E-state index < -0.39 is 11.9 Å². The molecule has 0 saturated heterocycles. The molecule has 0 aromatic heterocycles. The minimum absolute atomic E-state index is 0.199. The second-order valence-electron chi connectivity index (χ2n) is 4.06. The Morgan fingerprint density at radius 1 is 1.37 bits per heavy atom. The molecule has 1 aromatic rings. The van der Waals surface area contributed by atoms with Crippen molar-refractivity contribution in [1.82, 2.24) is 4.90 Å².